The number of aromatic nitrogens is 1. The van der Waals surface area contributed by atoms with E-state index in [0.717, 1.165) is 6.07 Å². The number of amides is 1. The molecule has 0 aliphatic carbocycles. The maximum Gasteiger partial charge on any atom is 0.339 e. The fourth-order valence-corrected chi connectivity index (χ4v) is 2.52. The molecule has 134 valence electrons. The second-order valence-corrected chi connectivity index (χ2v) is 5.82. The molecule has 2 aromatic carbocycles. The van der Waals surface area contributed by atoms with Crippen LogP contribution in [0.4, 0.5) is 5.69 Å². The van der Waals surface area contributed by atoms with Gasteiger partial charge in [0.25, 0.3) is 5.91 Å². The quantitative estimate of drug-likeness (QED) is 0.694. The summed E-state index contributed by atoms with van der Waals surface area (Å²) >= 11 is 0. The van der Waals surface area contributed by atoms with E-state index in [1.807, 2.05) is 6.07 Å². The third-order valence-electron chi connectivity index (χ3n) is 3.91. The van der Waals surface area contributed by atoms with Crippen molar-refractivity contribution in [1.29, 1.82) is 5.26 Å². The monoisotopic (exact) mass is 361 g/mol. The number of hydrogen-bond donors (Lipinski definition) is 2. The number of aromatic amines is 1. The minimum Gasteiger partial charge on any atom is -0.449 e. The summed E-state index contributed by atoms with van der Waals surface area (Å²) in [6.07, 6.45) is -1.08. The van der Waals surface area contributed by atoms with Crippen LogP contribution in [0.1, 0.15) is 22.8 Å². The molecule has 0 saturated heterocycles. The lowest BCUT2D eigenvalue weighted by Gasteiger charge is -2.14. The summed E-state index contributed by atoms with van der Waals surface area (Å²) in [6, 6.07) is 16.2. The lowest BCUT2D eigenvalue weighted by molar-refractivity contribution is -0.123. The van der Waals surface area contributed by atoms with E-state index in [-0.39, 0.29) is 5.56 Å². The molecule has 0 saturated carbocycles. The molecule has 2 N–H and O–H groups in total. The third kappa shape index (κ3) is 4.02. The number of H-pyrrole nitrogens is 1. The first-order chi connectivity index (χ1) is 13.0. The standard InChI is InChI=1S/C20H15N3O4/c1-12(19(25)22-14-8-6-13(11-21)7-9-14)27-20(26)16-10-18(24)23-17-5-3-2-4-15(16)17/h2-10,12H,1H3,(H,22,25)(H,23,24)/t12-/m0/s1. The summed E-state index contributed by atoms with van der Waals surface area (Å²) in [7, 11) is 0. The van der Waals surface area contributed by atoms with Crippen LogP contribution in [0.5, 0.6) is 0 Å². The predicted molar refractivity (Wildman–Crippen MR) is 99.2 cm³/mol. The summed E-state index contributed by atoms with van der Waals surface area (Å²) in [6.45, 7) is 1.44. The smallest absolute Gasteiger partial charge is 0.339 e. The predicted octanol–water partition coefficient (Wildman–Crippen LogP) is 2.58. The number of benzene rings is 2. The van der Waals surface area contributed by atoms with Crippen molar-refractivity contribution >= 4 is 28.5 Å². The van der Waals surface area contributed by atoms with Crippen LogP contribution >= 0.6 is 0 Å². The SMILES string of the molecule is C[C@H](OC(=O)c1cc(=O)[nH]c2ccccc12)C(=O)Nc1ccc(C#N)cc1. The summed E-state index contributed by atoms with van der Waals surface area (Å²) in [5.74, 6) is -1.29. The number of carbonyl (C=O) groups excluding carboxylic acids is 2. The number of esters is 1. The fraction of sp³-hybridized carbons (Fsp3) is 0.100. The number of fused-ring (bicyclic) bond motifs is 1. The fourth-order valence-electron chi connectivity index (χ4n) is 2.52. The summed E-state index contributed by atoms with van der Waals surface area (Å²) in [5.41, 5.74) is 1.10. The molecular formula is C20H15N3O4. The van der Waals surface area contributed by atoms with Crippen LogP contribution in [0.25, 0.3) is 10.9 Å². The zero-order valence-electron chi connectivity index (χ0n) is 14.4. The van der Waals surface area contributed by atoms with E-state index in [1.54, 1.807) is 48.5 Å². The van der Waals surface area contributed by atoms with Gasteiger partial charge in [0, 0.05) is 22.7 Å². The van der Waals surface area contributed by atoms with E-state index in [4.69, 9.17) is 10.00 Å². The highest BCUT2D eigenvalue weighted by molar-refractivity contribution is 6.04. The van der Waals surface area contributed by atoms with E-state index >= 15 is 0 Å². The number of nitrogens with zero attached hydrogens (tertiary/aromatic N) is 1. The number of hydrogen-bond acceptors (Lipinski definition) is 5. The highest BCUT2D eigenvalue weighted by atomic mass is 16.5. The lowest BCUT2D eigenvalue weighted by Crippen LogP contribution is -2.30. The zero-order chi connectivity index (χ0) is 19.4. The van der Waals surface area contributed by atoms with Crippen LogP contribution in [0, 0.1) is 11.3 Å². The number of rotatable bonds is 4. The van der Waals surface area contributed by atoms with Crippen molar-refractivity contribution in [1.82, 2.24) is 4.98 Å². The molecule has 1 amide bonds. The molecule has 7 heteroatoms. The molecule has 0 fully saturated rings. The number of ether oxygens (including phenoxy) is 1. The van der Waals surface area contributed by atoms with Crippen LogP contribution < -0.4 is 10.9 Å². The number of nitrogens with one attached hydrogen (secondary N) is 2. The molecule has 3 rings (SSSR count). The van der Waals surface area contributed by atoms with Crippen molar-refractivity contribution in [3.8, 4) is 6.07 Å². The van der Waals surface area contributed by atoms with Gasteiger partial charge in [-0.3, -0.25) is 9.59 Å². The van der Waals surface area contributed by atoms with E-state index in [1.165, 1.54) is 6.92 Å². The van der Waals surface area contributed by atoms with Gasteiger partial charge in [0.2, 0.25) is 5.56 Å². The van der Waals surface area contributed by atoms with Gasteiger partial charge >= 0.3 is 5.97 Å². The Hall–Kier alpha value is -3.92. The van der Waals surface area contributed by atoms with Crippen LogP contribution in [-0.4, -0.2) is 23.0 Å². The van der Waals surface area contributed by atoms with Crippen molar-refractivity contribution in [2.45, 2.75) is 13.0 Å². The topological polar surface area (TPSA) is 112 Å². The molecule has 0 unspecified atom stereocenters. The summed E-state index contributed by atoms with van der Waals surface area (Å²) in [5, 5.41) is 11.9. The number of carbonyl (C=O) groups is 2. The maximum atomic E-state index is 12.5. The molecule has 3 aromatic rings. The lowest BCUT2D eigenvalue weighted by atomic mass is 10.1. The minimum absolute atomic E-state index is 0.0902. The first-order valence-corrected chi connectivity index (χ1v) is 8.12. The Morgan fingerprint density at radius 1 is 1.15 bits per heavy atom. The van der Waals surface area contributed by atoms with Crippen molar-refractivity contribution < 1.29 is 14.3 Å². The Kier molecular flexibility index (Phi) is 4.99. The van der Waals surface area contributed by atoms with Gasteiger partial charge in [-0.05, 0) is 37.3 Å². The zero-order valence-corrected chi connectivity index (χ0v) is 14.4. The second kappa shape index (κ2) is 7.54. The number of anilines is 1. The van der Waals surface area contributed by atoms with Crippen molar-refractivity contribution in [2.75, 3.05) is 5.32 Å². The Morgan fingerprint density at radius 2 is 1.85 bits per heavy atom. The largest absolute Gasteiger partial charge is 0.449 e. The van der Waals surface area contributed by atoms with Crippen molar-refractivity contribution in [2.24, 2.45) is 0 Å². The third-order valence-corrected chi connectivity index (χ3v) is 3.91. The average molecular weight is 361 g/mol. The number of nitriles is 1. The molecule has 1 aromatic heterocycles. The van der Waals surface area contributed by atoms with Gasteiger partial charge in [0.15, 0.2) is 6.10 Å². The van der Waals surface area contributed by atoms with Crippen molar-refractivity contribution in [3.63, 3.8) is 0 Å². The van der Waals surface area contributed by atoms with E-state index in [0.29, 0.717) is 22.2 Å². The Balaban J connectivity index is 1.74. The molecule has 0 radical (unpaired) electrons. The van der Waals surface area contributed by atoms with Gasteiger partial charge in [-0.1, -0.05) is 18.2 Å². The summed E-state index contributed by atoms with van der Waals surface area (Å²) in [4.78, 5) is 39.1. The molecule has 0 spiro atoms. The van der Waals surface area contributed by atoms with E-state index in [2.05, 4.69) is 10.3 Å². The Morgan fingerprint density at radius 3 is 2.56 bits per heavy atom. The highest BCUT2D eigenvalue weighted by Crippen LogP contribution is 2.16. The van der Waals surface area contributed by atoms with Crippen LogP contribution in [0.3, 0.4) is 0 Å². The molecule has 1 heterocycles. The first-order valence-electron chi connectivity index (χ1n) is 8.12. The molecule has 1 atom stereocenters. The number of pyridine rings is 1. The average Bonchev–Trinajstić information content (AvgIpc) is 2.67. The Bertz CT molecular complexity index is 1110. The van der Waals surface area contributed by atoms with Gasteiger partial charge in [-0.25, -0.2) is 4.79 Å². The normalized spacial score (nSPS) is 11.4. The first kappa shape index (κ1) is 17.9. The summed E-state index contributed by atoms with van der Waals surface area (Å²) < 4.78 is 5.22. The highest BCUT2D eigenvalue weighted by Gasteiger charge is 2.21. The van der Waals surface area contributed by atoms with Gasteiger partial charge in [-0.2, -0.15) is 5.26 Å². The van der Waals surface area contributed by atoms with Crippen LogP contribution in [0.2, 0.25) is 0 Å². The van der Waals surface area contributed by atoms with E-state index in [9.17, 15) is 14.4 Å². The van der Waals surface area contributed by atoms with Gasteiger partial charge in [-0.15, -0.1) is 0 Å². The van der Waals surface area contributed by atoms with Gasteiger partial charge in [0.05, 0.1) is 17.2 Å². The molecule has 0 aliphatic rings. The van der Waals surface area contributed by atoms with Crippen molar-refractivity contribution in [3.05, 3.63) is 76.1 Å². The number of para-hydroxylation sites is 1. The van der Waals surface area contributed by atoms with Gasteiger partial charge in [0.1, 0.15) is 0 Å². The molecule has 0 bridgehead atoms. The Labute approximate surface area is 154 Å². The van der Waals surface area contributed by atoms with E-state index < -0.39 is 23.5 Å². The van der Waals surface area contributed by atoms with Gasteiger partial charge < -0.3 is 15.0 Å². The molecular weight excluding hydrogens is 346 g/mol. The second-order valence-electron chi connectivity index (χ2n) is 5.82. The molecule has 7 nitrogen and oxygen atoms in total. The molecule has 0 aliphatic heterocycles. The molecule has 27 heavy (non-hydrogen) atoms. The maximum absolute atomic E-state index is 12.5. The van der Waals surface area contributed by atoms with Crippen LogP contribution in [-0.2, 0) is 9.53 Å². The van der Waals surface area contributed by atoms with Crippen LogP contribution in [0.15, 0.2) is 59.4 Å². The minimum atomic E-state index is -1.08.